The zero-order chi connectivity index (χ0) is 16.2. The third-order valence-electron chi connectivity index (χ3n) is 4.69. The minimum Gasteiger partial charge on any atom is -0.347 e. The molecule has 1 saturated heterocycles. The Morgan fingerprint density at radius 2 is 2.04 bits per heavy atom. The van der Waals surface area contributed by atoms with Crippen LogP contribution < -0.4 is 10.6 Å². The highest BCUT2D eigenvalue weighted by molar-refractivity contribution is 5.85. The van der Waals surface area contributed by atoms with Crippen LogP contribution in [0.1, 0.15) is 45.6 Å². The first-order valence-electron chi connectivity index (χ1n) is 8.16. The Labute approximate surface area is 144 Å². The van der Waals surface area contributed by atoms with Crippen molar-refractivity contribution < 1.29 is 9.18 Å². The fourth-order valence-electron chi connectivity index (χ4n) is 3.22. The smallest absolute Gasteiger partial charge is 0.220 e. The molecule has 0 spiro atoms. The molecule has 23 heavy (non-hydrogen) atoms. The molecule has 1 amide bonds. The lowest BCUT2D eigenvalue weighted by atomic mass is 9.83. The zero-order valence-electron chi connectivity index (χ0n) is 14.2. The number of halogens is 2. The van der Waals surface area contributed by atoms with E-state index in [2.05, 4.69) is 17.6 Å². The molecule has 0 bridgehead atoms. The molecule has 0 saturated carbocycles. The molecular weight excluding hydrogens is 315 g/mol. The molecule has 0 aliphatic carbocycles. The SMILES string of the molecule is CC(CC(=O)NC(C)(C)c1cccc(F)c1)C1CCNCC1.Cl. The Morgan fingerprint density at radius 3 is 2.65 bits per heavy atom. The van der Waals surface area contributed by atoms with E-state index in [1.54, 1.807) is 6.07 Å². The van der Waals surface area contributed by atoms with Crippen LogP contribution >= 0.6 is 12.4 Å². The van der Waals surface area contributed by atoms with E-state index >= 15 is 0 Å². The molecule has 1 atom stereocenters. The standard InChI is InChI=1S/C18H27FN2O.ClH/c1-13(14-7-9-20-10-8-14)11-17(22)21-18(2,3)15-5-4-6-16(19)12-15;/h4-6,12-14,20H,7-11H2,1-3H3,(H,21,22);1H. The molecule has 0 aromatic heterocycles. The van der Waals surface area contributed by atoms with E-state index < -0.39 is 5.54 Å². The molecule has 1 aromatic rings. The molecule has 1 aliphatic rings. The maximum atomic E-state index is 13.4. The highest BCUT2D eigenvalue weighted by Crippen LogP contribution is 2.26. The van der Waals surface area contributed by atoms with Crippen LogP contribution in [0.3, 0.4) is 0 Å². The summed E-state index contributed by atoms with van der Waals surface area (Å²) in [7, 11) is 0. The monoisotopic (exact) mass is 342 g/mol. The minimum atomic E-state index is -0.562. The molecular formula is C18H28ClFN2O. The minimum absolute atomic E-state index is 0. The number of piperidine rings is 1. The summed E-state index contributed by atoms with van der Waals surface area (Å²) in [6, 6.07) is 6.42. The Hall–Kier alpha value is -1.13. The summed E-state index contributed by atoms with van der Waals surface area (Å²) in [6.45, 7) is 8.07. The van der Waals surface area contributed by atoms with Crippen LogP contribution in [-0.2, 0) is 10.3 Å². The zero-order valence-corrected chi connectivity index (χ0v) is 15.0. The number of hydrogen-bond donors (Lipinski definition) is 2. The molecule has 1 unspecified atom stereocenters. The number of carbonyl (C=O) groups is 1. The van der Waals surface area contributed by atoms with Gasteiger partial charge in [0.05, 0.1) is 5.54 Å². The molecule has 1 aliphatic heterocycles. The average molecular weight is 343 g/mol. The van der Waals surface area contributed by atoms with Crippen LogP contribution in [0.25, 0.3) is 0 Å². The van der Waals surface area contributed by atoms with Gasteiger partial charge in [-0.2, -0.15) is 0 Å². The van der Waals surface area contributed by atoms with E-state index in [9.17, 15) is 9.18 Å². The summed E-state index contributed by atoms with van der Waals surface area (Å²) in [5.41, 5.74) is 0.225. The Balaban J connectivity index is 0.00000264. The van der Waals surface area contributed by atoms with Gasteiger partial charge in [0.1, 0.15) is 5.82 Å². The van der Waals surface area contributed by atoms with Crippen LogP contribution in [0, 0.1) is 17.7 Å². The quantitative estimate of drug-likeness (QED) is 0.858. The Kier molecular flexibility index (Phi) is 7.49. The van der Waals surface area contributed by atoms with E-state index in [1.807, 2.05) is 19.9 Å². The van der Waals surface area contributed by atoms with Gasteiger partial charge in [0, 0.05) is 6.42 Å². The summed E-state index contributed by atoms with van der Waals surface area (Å²) in [6.07, 6.45) is 2.81. The maximum Gasteiger partial charge on any atom is 0.220 e. The fourth-order valence-corrected chi connectivity index (χ4v) is 3.22. The summed E-state index contributed by atoms with van der Waals surface area (Å²) >= 11 is 0. The molecule has 5 heteroatoms. The average Bonchev–Trinajstić information content (AvgIpc) is 2.47. The second-order valence-corrected chi connectivity index (χ2v) is 6.95. The van der Waals surface area contributed by atoms with E-state index in [4.69, 9.17) is 0 Å². The predicted molar refractivity (Wildman–Crippen MR) is 94.2 cm³/mol. The van der Waals surface area contributed by atoms with Crippen molar-refractivity contribution in [3.63, 3.8) is 0 Å². The van der Waals surface area contributed by atoms with Crippen molar-refractivity contribution in [2.24, 2.45) is 11.8 Å². The molecule has 1 heterocycles. The third-order valence-corrected chi connectivity index (χ3v) is 4.69. The van der Waals surface area contributed by atoms with Gasteiger partial charge in [-0.1, -0.05) is 19.1 Å². The van der Waals surface area contributed by atoms with Crippen LogP contribution in [0.15, 0.2) is 24.3 Å². The summed E-state index contributed by atoms with van der Waals surface area (Å²) in [5, 5.41) is 6.40. The van der Waals surface area contributed by atoms with Gasteiger partial charge in [-0.25, -0.2) is 4.39 Å². The summed E-state index contributed by atoms with van der Waals surface area (Å²) in [5.74, 6) is 0.762. The van der Waals surface area contributed by atoms with Crippen molar-refractivity contribution in [3.05, 3.63) is 35.6 Å². The Bertz CT molecular complexity index is 515. The highest BCUT2D eigenvalue weighted by atomic mass is 35.5. The second kappa shape index (κ2) is 8.65. The van der Waals surface area contributed by atoms with Crippen LogP contribution in [0.2, 0.25) is 0 Å². The van der Waals surface area contributed by atoms with Crippen molar-refractivity contribution in [1.82, 2.24) is 10.6 Å². The van der Waals surface area contributed by atoms with Gasteiger partial charge in [-0.15, -0.1) is 12.4 Å². The number of nitrogens with one attached hydrogen (secondary N) is 2. The molecule has 2 rings (SSSR count). The lowest BCUT2D eigenvalue weighted by molar-refractivity contribution is -0.124. The van der Waals surface area contributed by atoms with Gasteiger partial charge in [0.15, 0.2) is 0 Å². The molecule has 0 radical (unpaired) electrons. The molecule has 3 nitrogen and oxygen atoms in total. The van der Waals surface area contributed by atoms with Gasteiger partial charge in [-0.05, 0) is 69.3 Å². The first-order valence-corrected chi connectivity index (χ1v) is 8.16. The number of rotatable bonds is 5. The van der Waals surface area contributed by atoms with Gasteiger partial charge in [0.2, 0.25) is 5.91 Å². The number of hydrogen-bond acceptors (Lipinski definition) is 2. The van der Waals surface area contributed by atoms with Crippen molar-refractivity contribution in [2.75, 3.05) is 13.1 Å². The normalized spacial score (nSPS) is 17.2. The molecule has 2 N–H and O–H groups in total. The van der Waals surface area contributed by atoms with Crippen LogP contribution in [0.4, 0.5) is 4.39 Å². The van der Waals surface area contributed by atoms with Gasteiger partial charge in [0.25, 0.3) is 0 Å². The largest absolute Gasteiger partial charge is 0.347 e. The van der Waals surface area contributed by atoms with E-state index in [0.29, 0.717) is 18.3 Å². The van der Waals surface area contributed by atoms with Crippen molar-refractivity contribution in [3.8, 4) is 0 Å². The third kappa shape index (κ3) is 5.78. The van der Waals surface area contributed by atoms with Crippen LogP contribution in [0.5, 0.6) is 0 Å². The summed E-state index contributed by atoms with van der Waals surface area (Å²) in [4.78, 5) is 12.3. The lowest BCUT2D eigenvalue weighted by Crippen LogP contribution is -2.42. The maximum absolute atomic E-state index is 13.4. The van der Waals surface area contributed by atoms with Crippen molar-refractivity contribution in [1.29, 1.82) is 0 Å². The van der Waals surface area contributed by atoms with Crippen molar-refractivity contribution >= 4 is 18.3 Å². The first kappa shape index (κ1) is 19.9. The molecule has 1 aromatic carbocycles. The molecule has 130 valence electrons. The van der Waals surface area contributed by atoms with Gasteiger partial charge >= 0.3 is 0 Å². The fraction of sp³-hybridized carbons (Fsp3) is 0.611. The summed E-state index contributed by atoms with van der Waals surface area (Å²) < 4.78 is 13.4. The predicted octanol–water partition coefficient (Wildman–Crippen LogP) is 3.62. The van der Waals surface area contributed by atoms with E-state index in [-0.39, 0.29) is 24.1 Å². The number of amides is 1. The van der Waals surface area contributed by atoms with Crippen LogP contribution in [-0.4, -0.2) is 19.0 Å². The van der Waals surface area contributed by atoms with E-state index in [1.165, 1.54) is 12.1 Å². The van der Waals surface area contributed by atoms with Gasteiger partial charge in [-0.3, -0.25) is 4.79 Å². The van der Waals surface area contributed by atoms with E-state index in [0.717, 1.165) is 31.5 Å². The van der Waals surface area contributed by atoms with Gasteiger partial charge < -0.3 is 10.6 Å². The topological polar surface area (TPSA) is 41.1 Å². The highest BCUT2D eigenvalue weighted by Gasteiger charge is 2.26. The lowest BCUT2D eigenvalue weighted by Gasteiger charge is -2.30. The number of carbonyl (C=O) groups excluding carboxylic acids is 1. The number of benzene rings is 1. The molecule has 1 fully saturated rings. The Morgan fingerprint density at radius 1 is 1.39 bits per heavy atom. The first-order chi connectivity index (χ1) is 10.4. The second-order valence-electron chi connectivity index (χ2n) is 6.95. The van der Waals surface area contributed by atoms with Crippen molar-refractivity contribution in [2.45, 2.75) is 45.6 Å².